The molecule has 3 rings (SSSR count). The van der Waals surface area contributed by atoms with Crippen LogP contribution in [0.1, 0.15) is 24.0 Å². The molecule has 1 aliphatic rings. The first-order valence-electron chi connectivity index (χ1n) is 8.02. The molecule has 1 aromatic carbocycles. The fourth-order valence-corrected chi connectivity index (χ4v) is 3.82. The lowest BCUT2D eigenvalue weighted by atomic mass is 10.1. The molecule has 2 heterocycles. The highest BCUT2D eigenvalue weighted by Crippen LogP contribution is 2.18. The van der Waals surface area contributed by atoms with Crippen LogP contribution in [-0.2, 0) is 21.3 Å². The van der Waals surface area contributed by atoms with E-state index in [9.17, 15) is 13.2 Å². The van der Waals surface area contributed by atoms with E-state index in [0.29, 0.717) is 12.2 Å². The first-order chi connectivity index (χ1) is 11.3. The zero-order valence-electron chi connectivity index (χ0n) is 13.9. The zero-order valence-corrected chi connectivity index (χ0v) is 14.7. The zero-order chi connectivity index (χ0) is 17.3. The van der Waals surface area contributed by atoms with Gasteiger partial charge in [-0.3, -0.25) is 4.79 Å². The van der Waals surface area contributed by atoms with E-state index in [-0.39, 0.29) is 24.8 Å². The Bertz CT molecular complexity index is 898. The van der Waals surface area contributed by atoms with E-state index in [0.717, 1.165) is 29.3 Å². The van der Waals surface area contributed by atoms with Crippen LogP contribution in [0.15, 0.2) is 29.1 Å². The van der Waals surface area contributed by atoms with Gasteiger partial charge in [-0.05, 0) is 43.4 Å². The Balaban J connectivity index is 1.92. The molecule has 1 N–H and O–H groups in total. The van der Waals surface area contributed by atoms with Crippen molar-refractivity contribution in [1.29, 1.82) is 0 Å². The molecule has 7 heteroatoms. The summed E-state index contributed by atoms with van der Waals surface area (Å²) in [5.41, 5.74) is 2.02. The summed E-state index contributed by atoms with van der Waals surface area (Å²) in [7, 11) is -3.43. The molecular weight excluding hydrogens is 328 g/mol. The summed E-state index contributed by atoms with van der Waals surface area (Å²) in [5, 5.41) is 0.898. The first kappa shape index (κ1) is 17.1. The van der Waals surface area contributed by atoms with Gasteiger partial charge in [0.05, 0.1) is 12.4 Å². The second kappa shape index (κ2) is 6.66. The number of aromatic amines is 1. The van der Waals surface area contributed by atoms with Gasteiger partial charge in [-0.1, -0.05) is 11.6 Å². The predicted molar refractivity (Wildman–Crippen MR) is 93.5 cm³/mol. The van der Waals surface area contributed by atoms with Crippen molar-refractivity contribution in [2.75, 3.05) is 19.4 Å². The minimum absolute atomic E-state index is 0.0535. The van der Waals surface area contributed by atoms with Gasteiger partial charge >= 0.3 is 0 Å². The summed E-state index contributed by atoms with van der Waals surface area (Å²) in [5.74, 6) is 0. The van der Waals surface area contributed by atoms with E-state index in [1.807, 2.05) is 25.1 Å². The summed E-state index contributed by atoms with van der Waals surface area (Å²) in [6.07, 6.45) is 2.86. The number of nitrogens with zero attached hydrogens (tertiary/aromatic N) is 1. The van der Waals surface area contributed by atoms with Gasteiger partial charge in [0.1, 0.15) is 0 Å². The summed E-state index contributed by atoms with van der Waals surface area (Å²) >= 11 is 0. The second-order valence-electron chi connectivity index (χ2n) is 6.40. The number of aromatic nitrogens is 1. The number of ether oxygens (including phenoxy) is 1. The van der Waals surface area contributed by atoms with E-state index >= 15 is 0 Å². The molecule has 24 heavy (non-hydrogen) atoms. The maximum atomic E-state index is 12.3. The Kier molecular flexibility index (Phi) is 4.76. The van der Waals surface area contributed by atoms with Crippen molar-refractivity contribution >= 4 is 20.9 Å². The SMILES string of the molecule is Cc1ccc2[nH]c(=O)c(CN(C[C@@H]3CCCO3)S(C)(=O)=O)cc2c1. The highest BCUT2D eigenvalue weighted by Gasteiger charge is 2.25. The smallest absolute Gasteiger partial charge is 0.252 e. The molecule has 0 unspecified atom stereocenters. The maximum absolute atomic E-state index is 12.3. The lowest BCUT2D eigenvalue weighted by Crippen LogP contribution is -2.37. The first-order valence-corrected chi connectivity index (χ1v) is 9.87. The van der Waals surface area contributed by atoms with Crippen molar-refractivity contribution in [3.63, 3.8) is 0 Å². The lowest BCUT2D eigenvalue weighted by molar-refractivity contribution is 0.0927. The van der Waals surface area contributed by atoms with E-state index < -0.39 is 10.0 Å². The van der Waals surface area contributed by atoms with Crippen LogP contribution in [0.5, 0.6) is 0 Å². The molecular formula is C17H22N2O4S. The number of sulfonamides is 1. The summed E-state index contributed by atoms with van der Waals surface area (Å²) in [6, 6.07) is 7.53. The summed E-state index contributed by atoms with van der Waals surface area (Å²) in [4.78, 5) is 15.1. The van der Waals surface area contributed by atoms with E-state index in [1.165, 1.54) is 10.6 Å². The Morgan fingerprint density at radius 3 is 2.79 bits per heavy atom. The van der Waals surface area contributed by atoms with Gasteiger partial charge in [0.15, 0.2) is 0 Å². The average molecular weight is 350 g/mol. The van der Waals surface area contributed by atoms with Gasteiger partial charge in [-0.15, -0.1) is 0 Å². The van der Waals surface area contributed by atoms with Crippen LogP contribution in [0.25, 0.3) is 10.9 Å². The monoisotopic (exact) mass is 350 g/mol. The standard InChI is InChI=1S/C17H22N2O4S/c1-12-5-6-16-13(8-12)9-14(17(20)18-16)10-19(24(2,21)22)11-15-4-3-7-23-15/h5-6,8-9,15H,3-4,7,10-11H2,1-2H3,(H,18,20)/t15-/m0/s1. The Morgan fingerprint density at radius 1 is 1.33 bits per heavy atom. The van der Waals surface area contributed by atoms with Crippen molar-refractivity contribution in [3.8, 4) is 0 Å². The van der Waals surface area contributed by atoms with Crippen LogP contribution in [0.4, 0.5) is 0 Å². The Hall–Kier alpha value is -1.70. The number of rotatable bonds is 5. The van der Waals surface area contributed by atoms with Crippen LogP contribution >= 0.6 is 0 Å². The lowest BCUT2D eigenvalue weighted by Gasteiger charge is -2.22. The minimum atomic E-state index is -3.43. The molecule has 0 radical (unpaired) electrons. The number of hydrogen-bond donors (Lipinski definition) is 1. The maximum Gasteiger partial charge on any atom is 0.252 e. The molecule has 0 saturated carbocycles. The number of hydrogen-bond acceptors (Lipinski definition) is 4. The van der Waals surface area contributed by atoms with Crippen molar-refractivity contribution < 1.29 is 13.2 Å². The molecule has 1 saturated heterocycles. The van der Waals surface area contributed by atoms with Crippen LogP contribution in [0.3, 0.4) is 0 Å². The minimum Gasteiger partial charge on any atom is -0.377 e. The van der Waals surface area contributed by atoms with Crippen molar-refractivity contribution in [2.24, 2.45) is 0 Å². The van der Waals surface area contributed by atoms with Crippen molar-refractivity contribution in [3.05, 3.63) is 45.7 Å². The van der Waals surface area contributed by atoms with Crippen LogP contribution in [0, 0.1) is 6.92 Å². The number of H-pyrrole nitrogens is 1. The van der Waals surface area contributed by atoms with Gasteiger partial charge in [-0.2, -0.15) is 4.31 Å². The summed E-state index contributed by atoms with van der Waals surface area (Å²) in [6.45, 7) is 2.98. The number of nitrogens with one attached hydrogen (secondary N) is 1. The average Bonchev–Trinajstić information content (AvgIpc) is 3.00. The Morgan fingerprint density at radius 2 is 2.12 bits per heavy atom. The molecule has 0 aliphatic carbocycles. The molecule has 0 amide bonds. The topological polar surface area (TPSA) is 79.5 Å². The molecule has 6 nitrogen and oxygen atoms in total. The van der Waals surface area contributed by atoms with Crippen molar-refractivity contribution in [2.45, 2.75) is 32.4 Å². The number of pyridine rings is 1. The molecule has 0 spiro atoms. The third kappa shape index (κ3) is 3.85. The fourth-order valence-electron chi connectivity index (χ4n) is 3.01. The van der Waals surface area contributed by atoms with E-state index in [4.69, 9.17) is 4.74 Å². The van der Waals surface area contributed by atoms with Gasteiger partial charge in [-0.25, -0.2) is 8.42 Å². The number of fused-ring (bicyclic) bond motifs is 1. The predicted octanol–water partition coefficient (Wildman–Crippen LogP) is 1.78. The molecule has 1 fully saturated rings. The highest BCUT2D eigenvalue weighted by molar-refractivity contribution is 7.88. The summed E-state index contributed by atoms with van der Waals surface area (Å²) < 4.78 is 31.1. The number of benzene rings is 1. The molecule has 130 valence electrons. The van der Waals surface area contributed by atoms with Crippen LogP contribution in [-0.4, -0.2) is 43.2 Å². The Labute approximate surface area is 141 Å². The quantitative estimate of drug-likeness (QED) is 0.891. The second-order valence-corrected chi connectivity index (χ2v) is 8.39. The van der Waals surface area contributed by atoms with Gasteiger partial charge in [0.25, 0.3) is 5.56 Å². The molecule has 1 aliphatic heterocycles. The van der Waals surface area contributed by atoms with Gasteiger partial charge in [0, 0.05) is 30.8 Å². The fraction of sp³-hybridized carbons (Fsp3) is 0.471. The van der Waals surface area contributed by atoms with E-state index in [2.05, 4.69) is 4.98 Å². The van der Waals surface area contributed by atoms with Gasteiger partial charge in [0.2, 0.25) is 10.0 Å². The van der Waals surface area contributed by atoms with Gasteiger partial charge < -0.3 is 9.72 Å². The normalized spacial score (nSPS) is 18.5. The third-order valence-electron chi connectivity index (χ3n) is 4.32. The highest BCUT2D eigenvalue weighted by atomic mass is 32.2. The van der Waals surface area contributed by atoms with Crippen molar-refractivity contribution in [1.82, 2.24) is 9.29 Å². The molecule has 0 bridgehead atoms. The molecule has 2 aromatic rings. The molecule has 1 atom stereocenters. The largest absolute Gasteiger partial charge is 0.377 e. The third-order valence-corrected chi connectivity index (χ3v) is 5.54. The van der Waals surface area contributed by atoms with Crippen LogP contribution in [0.2, 0.25) is 0 Å². The number of aryl methyl sites for hydroxylation is 1. The molecule has 1 aromatic heterocycles. The van der Waals surface area contributed by atoms with E-state index in [1.54, 1.807) is 6.07 Å². The van der Waals surface area contributed by atoms with Crippen LogP contribution < -0.4 is 5.56 Å².